The molecule has 142 valence electrons. The van der Waals surface area contributed by atoms with Gasteiger partial charge in [-0.1, -0.05) is 12.1 Å². The van der Waals surface area contributed by atoms with Gasteiger partial charge in [-0.05, 0) is 49.5 Å². The monoisotopic (exact) mass is 366 g/mol. The van der Waals surface area contributed by atoms with Gasteiger partial charge >= 0.3 is 0 Å². The number of benzene rings is 1. The highest BCUT2D eigenvalue weighted by Gasteiger charge is 2.53. The maximum absolute atomic E-state index is 5.35. The SMILES string of the molecule is COc1ccc([C@H]2CN(c3cc(OC)ncn3)[C@H]3C4CCN(CC4)[C@@H]23)cc1. The third kappa shape index (κ3) is 2.74. The number of ether oxygens (including phenoxy) is 2. The molecule has 27 heavy (non-hydrogen) atoms. The number of anilines is 1. The van der Waals surface area contributed by atoms with Crippen molar-refractivity contribution in [1.82, 2.24) is 14.9 Å². The largest absolute Gasteiger partial charge is 0.497 e. The summed E-state index contributed by atoms with van der Waals surface area (Å²) in [7, 11) is 3.38. The van der Waals surface area contributed by atoms with Crippen molar-refractivity contribution >= 4 is 5.82 Å². The van der Waals surface area contributed by atoms with E-state index in [1.807, 2.05) is 6.07 Å². The number of nitrogens with zero attached hydrogens (tertiary/aromatic N) is 4. The molecule has 0 aliphatic carbocycles. The summed E-state index contributed by atoms with van der Waals surface area (Å²) < 4.78 is 10.7. The van der Waals surface area contributed by atoms with Gasteiger partial charge in [0.15, 0.2) is 0 Å². The van der Waals surface area contributed by atoms with Gasteiger partial charge in [0, 0.05) is 30.6 Å². The topological polar surface area (TPSA) is 50.7 Å². The van der Waals surface area contributed by atoms with E-state index < -0.39 is 0 Å². The van der Waals surface area contributed by atoms with Crippen LogP contribution in [0.15, 0.2) is 36.7 Å². The lowest BCUT2D eigenvalue weighted by molar-refractivity contribution is 0.0354. The first-order valence-corrected chi connectivity index (χ1v) is 9.79. The molecule has 0 amide bonds. The molecule has 0 radical (unpaired) electrons. The summed E-state index contributed by atoms with van der Waals surface area (Å²) in [5.41, 5.74) is 1.39. The average Bonchev–Trinajstić information content (AvgIpc) is 3.18. The van der Waals surface area contributed by atoms with Crippen molar-refractivity contribution in [2.45, 2.75) is 30.8 Å². The number of methoxy groups -OCH3 is 2. The first kappa shape index (κ1) is 16.8. The molecule has 4 saturated heterocycles. The highest BCUT2D eigenvalue weighted by atomic mass is 16.5. The Morgan fingerprint density at radius 1 is 0.963 bits per heavy atom. The maximum Gasteiger partial charge on any atom is 0.218 e. The molecule has 0 spiro atoms. The van der Waals surface area contributed by atoms with E-state index in [0.717, 1.165) is 24.0 Å². The van der Waals surface area contributed by atoms with Crippen molar-refractivity contribution in [1.29, 1.82) is 0 Å². The van der Waals surface area contributed by atoms with Crippen LogP contribution in [0.5, 0.6) is 11.6 Å². The van der Waals surface area contributed by atoms with E-state index in [9.17, 15) is 0 Å². The minimum atomic E-state index is 0.477. The molecule has 6 nitrogen and oxygen atoms in total. The molecule has 4 aliphatic heterocycles. The third-order valence-corrected chi connectivity index (χ3v) is 6.67. The van der Waals surface area contributed by atoms with Crippen molar-refractivity contribution in [2.75, 3.05) is 38.8 Å². The average molecular weight is 366 g/mol. The molecule has 6 rings (SSSR count). The Balaban J connectivity index is 1.53. The molecule has 6 heteroatoms. The summed E-state index contributed by atoms with van der Waals surface area (Å²) in [5.74, 6) is 3.75. The van der Waals surface area contributed by atoms with E-state index in [1.54, 1.807) is 20.5 Å². The van der Waals surface area contributed by atoms with Crippen LogP contribution in [-0.4, -0.2) is 60.8 Å². The molecule has 2 bridgehead atoms. The molecular weight excluding hydrogens is 340 g/mol. The summed E-state index contributed by atoms with van der Waals surface area (Å²) in [4.78, 5) is 14.0. The Kier molecular flexibility index (Phi) is 4.16. The maximum atomic E-state index is 5.35. The Bertz CT molecular complexity index is 804. The fourth-order valence-electron chi connectivity index (χ4n) is 5.43. The zero-order valence-electron chi connectivity index (χ0n) is 15.9. The predicted octanol–water partition coefficient (Wildman–Crippen LogP) is 2.56. The standard InChI is InChI=1S/C21H26N4O2/c1-26-16-5-3-14(4-6-16)17-12-25(18-11-19(27-2)23-13-22-18)20-15-7-9-24(10-8-15)21(17)20/h3-6,11,13,15,17,20-21H,7-10,12H2,1-2H3/t17-,20+,21+/m1/s1. The third-order valence-electron chi connectivity index (χ3n) is 6.67. The Morgan fingerprint density at radius 3 is 2.44 bits per heavy atom. The molecule has 4 aliphatic rings. The molecule has 3 atom stereocenters. The number of rotatable bonds is 4. The van der Waals surface area contributed by atoms with E-state index in [4.69, 9.17) is 9.47 Å². The summed E-state index contributed by atoms with van der Waals surface area (Å²) in [5, 5.41) is 0. The van der Waals surface area contributed by atoms with Crippen molar-refractivity contribution in [3.8, 4) is 11.6 Å². The first-order chi connectivity index (χ1) is 13.3. The molecule has 2 aromatic rings. The lowest BCUT2D eigenvalue weighted by Gasteiger charge is -2.51. The zero-order valence-corrected chi connectivity index (χ0v) is 15.9. The van der Waals surface area contributed by atoms with Crippen LogP contribution in [0.25, 0.3) is 0 Å². The van der Waals surface area contributed by atoms with Crippen LogP contribution < -0.4 is 14.4 Å². The van der Waals surface area contributed by atoms with Gasteiger partial charge in [-0.25, -0.2) is 9.97 Å². The number of piperidine rings is 3. The molecule has 0 N–H and O–H groups in total. The molecule has 0 saturated carbocycles. The Labute approximate surface area is 160 Å². The number of hydrogen-bond donors (Lipinski definition) is 0. The van der Waals surface area contributed by atoms with Gasteiger partial charge in [-0.15, -0.1) is 0 Å². The van der Waals surface area contributed by atoms with Gasteiger partial charge in [0.05, 0.1) is 14.2 Å². The van der Waals surface area contributed by atoms with Crippen molar-refractivity contribution in [2.24, 2.45) is 5.92 Å². The van der Waals surface area contributed by atoms with Crippen LogP contribution in [0.2, 0.25) is 0 Å². The molecule has 1 aromatic carbocycles. The van der Waals surface area contributed by atoms with Crippen LogP contribution in [0.3, 0.4) is 0 Å². The first-order valence-electron chi connectivity index (χ1n) is 9.79. The highest BCUT2D eigenvalue weighted by Crippen LogP contribution is 2.47. The number of aromatic nitrogens is 2. The molecular formula is C21H26N4O2. The summed E-state index contributed by atoms with van der Waals surface area (Å²) in [6.45, 7) is 3.42. The fraction of sp³-hybridized carbons (Fsp3) is 0.524. The second-order valence-corrected chi connectivity index (χ2v) is 7.81. The predicted molar refractivity (Wildman–Crippen MR) is 104 cm³/mol. The molecule has 1 aromatic heterocycles. The minimum Gasteiger partial charge on any atom is -0.497 e. The second kappa shape index (κ2) is 6.68. The summed E-state index contributed by atoms with van der Waals surface area (Å²) >= 11 is 0. The van der Waals surface area contributed by atoms with E-state index in [0.29, 0.717) is 23.9 Å². The highest BCUT2D eigenvalue weighted by molar-refractivity contribution is 5.48. The number of fused-ring (bicyclic) bond motifs is 2. The zero-order chi connectivity index (χ0) is 18.4. The minimum absolute atomic E-state index is 0.477. The molecule has 4 fully saturated rings. The number of hydrogen-bond acceptors (Lipinski definition) is 6. The lowest BCUT2D eigenvalue weighted by atomic mass is 9.75. The van der Waals surface area contributed by atoms with Gasteiger partial charge in [-0.2, -0.15) is 0 Å². The normalized spacial score (nSPS) is 31.6. The molecule has 5 heterocycles. The second-order valence-electron chi connectivity index (χ2n) is 7.81. The Hall–Kier alpha value is -2.34. The smallest absolute Gasteiger partial charge is 0.218 e. The summed E-state index contributed by atoms with van der Waals surface area (Å²) in [6, 6.07) is 11.7. The van der Waals surface area contributed by atoms with Crippen molar-refractivity contribution in [3.05, 3.63) is 42.2 Å². The van der Waals surface area contributed by atoms with Gasteiger partial charge in [0.1, 0.15) is 17.9 Å². The lowest BCUT2D eigenvalue weighted by Crippen LogP contribution is -2.60. The van der Waals surface area contributed by atoms with Crippen LogP contribution >= 0.6 is 0 Å². The van der Waals surface area contributed by atoms with Gasteiger partial charge in [0.2, 0.25) is 5.88 Å². The van der Waals surface area contributed by atoms with Gasteiger partial charge in [-0.3, -0.25) is 4.90 Å². The molecule has 0 unspecified atom stereocenters. The van der Waals surface area contributed by atoms with Crippen molar-refractivity contribution < 1.29 is 9.47 Å². The van der Waals surface area contributed by atoms with Gasteiger partial charge < -0.3 is 14.4 Å². The van der Waals surface area contributed by atoms with Gasteiger partial charge in [0.25, 0.3) is 0 Å². The van der Waals surface area contributed by atoms with Crippen LogP contribution in [0, 0.1) is 5.92 Å². The van der Waals surface area contributed by atoms with E-state index >= 15 is 0 Å². The quantitative estimate of drug-likeness (QED) is 0.829. The van der Waals surface area contributed by atoms with E-state index in [2.05, 4.69) is 44.0 Å². The van der Waals surface area contributed by atoms with Crippen LogP contribution in [-0.2, 0) is 0 Å². The van der Waals surface area contributed by atoms with E-state index in [1.165, 1.54) is 31.5 Å². The van der Waals surface area contributed by atoms with E-state index in [-0.39, 0.29) is 0 Å². The van der Waals surface area contributed by atoms with Crippen LogP contribution in [0.4, 0.5) is 5.82 Å². The fourth-order valence-corrected chi connectivity index (χ4v) is 5.43. The van der Waals surface area contributed by atoms with Crippen LogP contribution in [0.1, 0.15) is 24.3 Å². The summed E-state index contributed by atoms with van der Waals surface area (Å²) in [6.07, 6.45) is 4.19. The van der Waals surface area contributed by atoms with Crippen molar-refractivity contribution in [3.63, 3.8) is 0 Å². The Morgan fingerprint density at radius 2 is 1.74 bits per heavy atom.